The van der Waals surface area contributed by atoms with E-state index in [2.05, 4.69) is 10.2 Å². The van der Waals surface area contributed by atoms with Crippen LogP contribution in [0.2, 0.25) is 0 Å². The number of aromatic hydroxyl groups is 1. The minimum absolute atomic E-state index is 0. The maximum atomic E-state index is 12.1. The molecule has 3 aromatic carbocycles. The number of fused-ring (bicyclic) bond motifs is 1. The van der Waals surface area contributed by atoms with E-state index < -0.39 is 20.8 Å². The number of phenolic OH excluding ortho intramolecular Hbond substituents is 1. The number of methoxy groups -OCH3 is 1. The fourth-order valence-corrected chi connectivity index (χ4v) is 2.87. The van der Waals surface area contributed by atoms with Crippen LogP contribution in [0.15, 0.2) is 63.7 Å². The summed E-state index contributed by atoms with van der Waals surface area (Å²) in [5.74, 6) is -0.350. The maximum Gasteiger partial charge on any atom is 1.00 e. The van der Waals surface area contributed by atoms with Crippen molar-refractivity contribution in [2.75, 3.05) is 7.11 Å². The van der Waals surface area contributed by atoms with Crippen LogP contribution in [-0.2, 0) is 10.1 Å². The average Bonchev–Trinajstić information content (AvgIpc) is 2.61. The molecule has 0 aliphatic heterocycles. The monoisotopic (exact) mass is 396 g/mol. The van der Waals surface area contributed by atoms with Gasteiger partial charge in [0.15, 0.2) is 0 Å². The minimum Gasteiger partial charge on any atom is -0.872 e. The van der Waals surface area contributed by atoms with Crippen LogP contribution in [0.4, 0.5) is 11.4 Å². The van der Waals surface area contributed by atoms with E-state index >= 15 is 0 Å². The summed E-state index contributed by atoms with van der Waals surface area (Å²) in [4.78, 5) is -0.425. The first kappa shape index (κ1) is 21.1. The van der Waals surface area contributed by atoms with Crippen molar-refractivity contribution in [3.05, 3.63) is 48.5 Å². The Morgan fingerprint density at radius 3 is 2.26 bits per heavy atom. The number of benzene rings is 3. The standard InChI is InChI=1S/C17H14N2O6S.Na/c1-25-11-4-2-10(3-5-11)18-19-17-13-7-6-12(26(22,23)24)8-14(13)15(20)9-16(17)21;/h2-9,20-21H,1H3,(H,22,23,24);/q;+1/p-1. The largest absolute Gasteiger partial charge is 1.00 e. The zero-order valence-corrected chi connectivity index (χ0v) is 17.3. The summed E-state index contributed by atoms with van der Waals surface area (Å²) in [5, 5.41) is 30.3. The predicted molar refractivity (Wildman–Crippen MR) is 92.0 cm³/mol. The van der Waals surface area contributed by atoms with Gasteiger partial charge in [0.1, 0.15) is 17.2 Å². The molecule has 0 saturated heterocycles. The molecule has 0 bridgehead atoms. The Morgan fingerprint density at radius 2 is 1.67 bits per heavy atom. The first-order valence-corrected chi connectivity index (χ1v) is 8.73. The fraction of sp³-hybridized carbons (Fsp3) is 0.0588. The summed E-state index contributed by atoms with van der Waals surface area (Å²) in [6, 6.07) is 11.0. The van der Waals surface area contributed by atoms with Crippen molar-refractivity contribution in [1.29, 1.82) is 0 Å². The molecule has 8 nitrogen and oxygen atoms in total. The second-order valence-corrected chi connectivity index (χ2v) is 6.74. The second kappa shape index (κ2) is 8.24. The van der Waals surface area contributed by atoms with Crippen molar-refractivity contribution < 1.29 is 57.5 Å². The molecule has 0 aliphatic carbocycles. The van der Waals surface area contributed by atoms with Crippen LogP contribution in [-0.4, -0.2) is 25.2 Å². The van der Waals surface area contributed by atoms with E-state index in [4.69, 9.17) is 9.29 Å². The third kappa shape index (κ3) is 4.57. The zero-order chi connectivity index (χ0) is 18.9. The molecule has 2 N–H and O–H groups in total. The number of hydrogen-bond donors (Lipinski definition) is 2. The van der Waals surface area contributed by atoms with Crippen LogP contribution in [0.3, 0.4) is 0 Å². The van der Waals surface area contributed by atoms with Gasteiger partial charge in [-0.2, -0.15) is 13.5 Å². The normalized spacial score (nSPS) is 11.5. The van der Waals surface area contributed by atoms with Crippen LogP contribution < -0.4 is 39.4 Å². The summed E-state index contributed by atoms with van der Waals surface area (Å²) in [7, 11) is -2.93. The number of rotatable bonds is 4. The van der Waals surface area contributed by atoms with E-state index in [9.17, 15) is 18.6 Å². The first-order valence-electron chi connectivity index (χ1n) is 7.29. The van der Waals surface area contributed by atoms with Gasteiger partial charge in [0.05, 0.1) is 17.7 Å². The van der Waals surface area contributed by atoms with E-state index in [0.717, 1.165) is 18.2 Å². The molecule has 0 radical (unpaired) electrons. The van der Waals surface area contributed by atoms with Gasteiger partial charge in [-0.1, -0.05) is 11.8 Å². The van der Waals surface area contributed by atoms with Crippen LogP contribution in [0, 0.1) is 0 Å². The van der Waals surface area contributed by atoms with Crippen molar-refractivity contribution in [3.8, 4) is 17.2 Å². The molecule has 0 aromatic heterocycles. The summed E-state index contributed by atoms with van der Waals surface area (Å²) < 4.78 is 36.7. The molecule has 10 heteroatoms. The van der Waals surface area contributed by atoms with E-state index in [1.165, 1.54) is 13.2 Å². The van der Waals surface area contributed by atoms with Gasteiger partial charge in [0.25, 0.3) is 10.1 Å². The van der Waals surface area contributed by atoms with Crippen LogP contribution in [0.25, 0.3) is 10.8 Å². The molecule has 3 aromatic rings. The van der Waals surface area contributed by atoms with Crippen molar-refractivity contribution in [2.24, 2.45) is 10.2 Å². The van der Waals surface area contributed by atoms with Crippen molar-refractivity contribution >= 4 is 32.3 Å². The van der Waals surface area contributed by atoms with E-state index in [-0.39, 0.29) is 51.8 Å². The summed E-state index contributed by atoms with van der Waals surface area (Å²) in [5.41, 5.74) is 0.497. The van der Waals surface area contributed by atoms with Gasteiger partial charge in [0.2, 0.25) is 0 Å². The van der Waals surface area contributed by atoms with Crippen LogP contribution in [0.1, 0.15) is 0 Å². The summed E-state index contributed by atoms with van der Waals surface area (Å²) in [6.07, 6.45) is 0. The summed E-state index contributed by atoms with van der Waals surface area (Å²) in [6.45, 7) is 0. The van der Waals surface area contributed by atoms with E-state index in [1.54, 1.807) is 24.3 Å². The van der Waals surface area contributed by atoms with E-state index in [1.807, 2.05) is 0 Å². The first-order chi connectivity index (χ1) is 12.3. The van der Waals surface area contributed by atoms with Gasteiger partial charge in [0, 0.05) is 5.39 Å². The summed E-state index contributed by atoms with van der Waals surface area (Å²) >= 11 is 0. The molecule has 0 fully saturated rings. The minimum atomic E-state index is -4.46. The quantitative estimate of drug-likeness (QED) is 0.370. The molecule has 3 rings (SSSR count). The molecule has 0 unspecified atom stereocenters. The van der Waals surface area contributed by atoms with E-state index in [0.29, 0.717) is 11.4 Å². The molecule has 0 spiro atoms. The molecule has 0 atom stereocenters. The van der Waals surface area contributed by atoms with Crippen LogP contribution >= 0.6 is 0 Å². The van der Waals surface area contributed by atoms with Gasteiger partial charge in [-0.25, -0.2) is 0 Å². The molecule has 0 heterocycles. The fourth-order valence-electron chi connectivity index (χ4n) is 2.36. The Hall–Kier alpha value is -2.17. The average molecular weight is 396 g/mol. The Bertz CT molecular complexity index is 1110. The Morgan fingerprint density at radius 1 is 1.00 bits per heavy atom. The number of azo groups is 1. The zero-order valence-electron chi connectivity index (χ0n) is 14.4. The van der Waals surface area contributed by atoms with Gasteiger partial charge in [-0.05, 0) is 47.9 Å². The number of ether oxygens (including phenoxy) is 1. The molecule has 0 saturated carbocycles. The molecular formula is C17H13N2NaO6S. The number of hydrogen-bond acceptors (Lipinski definition) is 7. The molecule has 0 amide bonds. The Labute approximate surface area is 177 Å². The van der Waals surface area contributed by atoms with Crippen molar-refractivity contribution in [1.82, 2.24) is 0 Å². The maximum absolute atomic E-state index is 12.1. The Kier molecular flexibility index (Phi) is 6.45. The number of nitrogens with zero attached hydrogens (tertiary/aromatic N) is 2. The second-order valence-electron chi connectivity index (χ2n) is 5.32. The molecule has 134 valence electrons. The van der Waals surface area contributed by atoms with Gasteiger partial charge in [-0.3, -0.25) is 4.55 Å². The number of phenols is 1. The van der Waals surface area contributed by atoms with Crippen molar-refractivity contribution in [3.63, 3.8) is 0 Å². The predicted octanol–water partition coefficient (Wildman–Crippen LogP) is 0.294. The topological polar surface area (TPSA) is 132 Å². The smallest absolute Gasteiger partial charge is 0.872 e. The van der Waals surface area contributed by atoms with Crippen molar-refractivity contribution in [2.45, 2.75) is 4.90 Å². The SMILES string of the molecule is COc1ccc(N=Nc2c(O)cc([O-])c3cc(S(=O)(=O)O)ccc23)cc1.[Na+]. The van der Waals surface area contributed by atoms with Gasteiger partial charge < -0.3 is 14.9 Å². The molecular weight excluding hydrogens is 383 g/mol. The third-order valence-electron chi connectivity index (χ3n) is 3.66. The van der Waals surface area contributed by atoms with Gasteiger partial charge >= 0.3 is 29.6 Å². The van der Waals surface area contributed by atoms with Gasteiger partial charge in [-0.15, -0.1) is 5.11 Å². The van der Waals surface area contributed by atoms with Crippen LogP contribution in [0.5, 0.6) is 17.2 Å². The molecule has 0 aliphatic rings. The molecule has 27 heavy (non-hydrogen) atoms. The Balaban J connectivity index is 0.00000261. The third-order valence-corrected chi connectivity index (χ3v) is 4.51.